The predicted molar refractivity (Wildman–Crippen MR) is 87.3 cm³/mol. The standard InChI is InChI=1S/C16H18N4S/c1-12-10-20(14-6-4-3-5-7-14)16(19-12)17-9-8-15-18-13(2)11-21-15/h3-7,10-11H,8-9H2,1-2H3,(H,17,19). The van der Waals surface area contributed by atoms with Crippen LogP contribution in [0.1, 0.15) is 16.4 Å². The van der Waals surface area contributed by atoms with Gasteiger partial charge in [-0.2, -0.15) is 0 Å². The molecule has 21 heavy (non-hydrogen) atoms. The second-order valence-corrected chi connectivity index (χ2v) is 5.91. The van der Waals surface area contributed by atoms with Crippen molar-refractivity contribution in [2.75, 3.05) is 11.9 Å². The van der Waals surface area contributed by atoms with Crippen LogP contribution in [0.15, 0.2) is 41.9 Å². The van der Waals surface area contributed by atoms with Gasteiger partial charge in [-0.25, -0.2) is 9.97 Å². The zero-order chi connectivity index (χ0) is 14.7. The summed E-state index contributed by atoms with van der Waals surface area (Å²) in [5, 5.41) is 6.66. The maximum atomic E-state index is 4.56. The van der Waals surface area contributed by atoms with Crippen molar-refractivity contribution in [1.29, 1.82) is 0 Å². The van der Waals surface area contributed by atoms with Gasteiger partial charge in [0.15, 0.2) is 0 Å². The lowest BCUT2D eigenvalue weighted by Gasteiger charge is -2.09. The SMILES string of the molecule is Cc1csc(CCNc2nc(C)cn2-c2ccccc2)n1. The molecule has 0 saturated carbocycles. The zero-order valence-corrected chi connectivity index (χ0v) is 13.0. The molecule has 1 aromatic carbocycles. The molecule has 0 spiro atoms. The third-order valence-electron chi connectivity index (χ3n) is 3.15. The van der Waals surface area contributed by atoms with Gasteiger partial charge in [0.1, 0.15) is 0 Å². The van der Waals surface area contributed by atoms with E-state index in [0.717, 1.165) is 41.0 Å². The maximum absolute atomic E-state index is 4.56. The Morgan fingerprint density at radius 3 is 2.62 bits per heavy atom. The van der Waals surface area contributed by atoms with Crippen LogP contribution in [0.3, 0.4) is 0 Å². The Hall–Kier alpha value is -2.14. The molecule has 3 rings (SSSR count). The van der Waals surface area contributed by atoms with Gasteiger partial charge in [0, 0.05) is 35.9 Å². The third-order valence-corrected chi connectivity index (χ3v) is 4.18. The van der Waals surface area contributed by atoms with E-state index in [4.69, 9.17) is 0 Å². The topological polar surface area (TPSA) is 42.7 Å². The second kappa shape index (κ2) is 6.10. The summed E-state index contributed by atoms with van der Waals surface area (Å²) in [4.78, 5) is 9.04. The molecule has 0 aliphatic heterocycles. The number of imidazole rings is 1. The third kappa shape index (κ3) is 3.31. The minimum atomic E-state index is 0.830. The quantitative estimate of drug-likeness (QED) is 0.782. The van der Waals surface area contributed by atoms with E-state index in [0.29, 0.717) is 0 Å². The minimum Gasteiger partial charge on any atom is -0.355 e. The Kier molecular flexibility index (Phi) is 4.01. The van der Waals surface area contributed by atoms with Crippen molar-refractivity contribution in [3.05, 3.63) is 58.3 Å². The van der Waals surface area contributed by atoms with Crippen LogP contribution in [-0.4, -0.2) is 21.1 Å². The van der Waals surface area contributed by atoms with Gasteiger partial charge < -0.3 is 5.32 Å². The molecule has 0 amide bonds. The van der Waals surface area contributed by atoms with E-state index >= 15 is 0 Å². The molecule has 0 saturated heterocycles. The number of aryl methyl sites for hydroxylation is 2. The van der Waals surface area contributed by atoms with E-state index in [1.54, 1.807) is 11.3 Å². The van der Waals surface area contributed by atoms with Crippen molar-refractivity contribution in [2.24, 2.45) is 0 Å². The molecule has 0 aliphatic carbocycles. The number of rotatable bonds is 5. The molecule has 0 fully saturated rings. The lowest BCUT2D eigenvalue weighted by atomic mass is 10.3. The molecule has 108 valence electrons. The zero-order valence-electron chi connectivity index (χ0n) is 12.2. The lowest BCUT2D eigenvalue weighted by molar-refractivity contribution is 0.946. The van der Waals surface area contributed by atoms with E-state index in [1.165, 1.54) is 0 Å². The number of thiazole rings is 1. The van der Waals surface area contributed by atoms with Crippen LogP contribution < -0.4 is 5.32 Å². The normalized spacial score (nSPS) is 10.8. The fourth-order valence-electron chi connectivity index (χ4n) is 2.21. The first-order valence-corrected chi connectivity index (χ1v) is 7.86. The first-order valence-electron chi connectivity index (χ1n) is 6.98. The van der Waals surface area contributed by atoms with Gasteiger partial charge in [-0.3, -0.25) is 4.57 Å². The molecule has 1 N–H and O–H groups in total. The van der Waals surface area contributed by atoms with Crippen LogP contribution in [0, 0.1) is 13.8 Å². The van der Waals surface area contributed by atoms with E-state index in [-0.39, 0.29) is 0 Å². The highest BCUT2D eigenvalue weighted by Gasteiger charge is 2.07. The Morgan fingerprint density at radius 1 is 1.10 bits per heavy atom. The Balaban J connectivity index is 1.71. The number of para-hydroxylation sites is 1. The number of nitrogens with one attached hydrogen (secondary N) is 1. The van der Waals surface area contributed by atoms with Crippen LogP contribution >= 0.6 is 11.3 Å². The van der Waals surface area contributed by atoms with Gasteiger partial charge in [0.05, 0.1) is 10.7 Å². The average Bonchev–Trinajstić information content (AvgIpc) is 3.06. The summed E-state index contributed by atoms with van der Waals surface area (Å²) in [5.74, 6) is 0.881. The largest absolute Gasteiger partial charge is 0.355 e. The van der Waals surface area contributed by atoms with E-state index in [2.05, 4.69) is 37.4 Å². The van der Waals surface area contributed by atoms with Gasteiger partial charge in [-0.15, -0.1) is 11.3 Å². The minimum absolute atomic E-state index is 0.830. The Labute approximate surface area is 128 Å². The summed E-state index contributed by atoms with van der Waals surface area (Å²) < 4.78 is 2.09. The second-order valence-electron chi connectivity index (χ2n) is 4.97. The summed E-state index contributed by atoms with van der Waals surface area (Å²) in [6.45, 7) is 4.87. The number of anilines is 1. The van der Waals surface area contributed by atoms with Crippen LogP contribution in [0.5, 0.6) is 0 Å². The van der Waals surface area contributed by atoms with Crippen LogP contribution in [-0.2, 0) is 6.42 Å². The Bertz CT molecular complexity index is 715. The molecule has 2 aromatic heterocycles. The molecule has 5 heteroatoms. The molecule has 3 aromatic rings. The van der Waals surface area contributed by atoms with Crippen molar-refractivity contribution in [3.8, 4) is 5.69 Å². The molecular formula is C16H18N4S. The first-order chi connectivity index (χ1) is 10.2. The number of aromatic nitrogens is 3. The van der Waals surface area contributed by atoms with Crippen LogP contribution in [0.4, 0.5) is 5.95 Å². The molecular weight excluding hydrogens is 280 g/mol. The van der Waals surface area contributed by atoms with Crippen molar-refractivity contribution < 1.29 is 0 Å². The molecule has 2 heterocycles. The number of hydrogen-bond donors (Lipinski definition) is 1. The van der Waals surface area contributed by atoms with E-state index in [1.807, 2.05) is 38.2 Å². The Morgan fingerprint density at radius 2 is 1.90 bits per heavy atom. The van der Waals surface area contributed by atoms with Crippen LogP contribution in [0.25, 0.3) is 5.69 Å². The highest BCUT2D eigenvalue weighted by molar-refractivity contribution is 7.09. The molecule has 0 atom stereocenters. The summed E-state index contributed by atoms with van der Waals surface area (Å²) in [7, 11) is 0. The van der Waals surface area contributed by atoms with E-state index < -0.39 is 0 Å². The first kappa shape index (κ1) is 13.8. The highest BCUT2D eigenvalue weighted by atomic mass is 32.1. The smallest absolute Gasteiger partial charge is 0.207 e. The van der Waals surface area contributed by atoms with Crippen molar-refractivity contribution in [2.45, 2.75) is 20.3 Å². The maximum Gasteiger partial charge on any atom is 0.207 e. The number of benzene rings is 1. The number of hydrogen-bond acceptors (Lipinski definition) is 4. The summed E-state index contributed by atoms with van der Waals surface area (Å²) in [6, 6.07) is 10.2. The van der Waals surface area contributed by atoms with Crippen molar-refractivity contribution >= 4 is 17.3 Å². The van der Waals surface area contributed by atoms with Gasteiger partial charge in [0.25, 0.3) is 0 Å². The fraction of sp³-hybridized carbons (Fsp3) is 0.250. The van der Waals surface area contributed by atoms with Crippen LogP contribution in [0.2, 0.25) is 0 Å². The van der Waals surface area contributed by atoms with Gasteiger partial charge >= 0.3 is 0 Å². The summed E-state index contributed by atoms with van der Waals surface area (Å²) in [5.41, 5.74) is 3.22. The van der Waals surface area contributed by atoms with Crippen molar-refractivity contribution in [1.82, 2.24) is 14.5 Å². The fourth-order valence-corrected chi connectivity index (χ4v) is 2.98. The molecule has 0 radical (unpaired) electrons. The van der Waals surface area contributed by atoms with E-state index in [9.17, 15) is 0 Å². The van der Waals surface area contributed by atoms with Crippen molar-refractivity contribution in [3.63, 3.8) is 0 Å². The highest BCUT2D eigenvalue weighted by Crippen LogP contribution is 2.16. The number of nitrogens with zero attached hydrogens (tertiary/aromatic N) is 3. The molecule has 4 nitrogen and oxygen atoms in total. The lowest BCUT2D eigenvalue weighted by Crippen LogP contribution is -2.09. The molecule has 0 aliphatic rings. The van der Waals surface area contributed by atoms with Gasteiger partial charge in [-0.1, -0.05) is 18.2 Å². The summed E-state index contributed by atoms with van der Waals surface area (Å²) >= 11 is 1.71. The van der Waals surface area contributed by atoms with Gasteiger partial charge in [-0.05, 0) is 26.0 Å². The average molecular weight is 298 g/mol. The predicted octanol–water partition coefficient (Wildman–Crippen LogP) is 3.60. The van der Waals surface area contributed by atoms with Gasteiger partial charge in [0.2, 0.25) is 5.95 Å². The monoisotopic (exact) mass is 298 g/mol. The molecule has 0 bridgehead atoms. The molecule has 0 unspecified atom stereocenters. The summed E-state index contributed by atoms with van der Waals surface area (Å²) in [6.07, 6.45) is 2.96.